The molecule has 0 saturated heterocycles. The summed E-state index contributed by atoms with van der Waals surface area (Å²) in [5, 5.41) is 4.15. The van der Waals surface area contributed by atoms with Gasteiger partial charge in [0.25, 0.3) is 0 Å². The van der Waals surface area contributed by atoms with Crippen molar-refractivity contribution < 1.29 is 14.3 Å². The second-order valence-electron chi connectivity index (χ2n) is 4.96. The van der Waals surface area contributed by atoms with Gasteiger partial charge in [0, 0.05) is 11.6 Å². The molecule has 5 nitrogen and oxygen atoms in total. The van der Waals surface area contributed by atoms with E-state index >= 15 is 0 Å². The molecular weight excluding hydrogens is 292 g/mol. The van der Waals surface area contributed by atoms with Gasteiger partial charge in [-0.05, 0) is 24.6 Å². The van der Waals surface area contributed by atoms with Gasteiger partial charge in [0.15, 0.2) is 0 Å². The van der Waals surface area contributed by atoms with Gasteiger partial charge in [0.1, 0.15) is 11.5 Å². The monoisotopic (exact) mass is 312 g/mol. The second kappa shape index (κ2) is 7.98. The van der Waals surface area contributed by atoms with Crippen LogP contribution in [0.4, 0.5) is 0 Å². The van der Waals surface area contributed by atoms with Crippen molar-refractivity contribution in [2.75, 3.05) is 14.2 Å². The number of amides is 1. The van der Waals surface area contributed by atoms with E-state index in [-0.39, 0.29) is 12.3 Å². The summed E-state index contributed by atoms with van der Waals surface area (Å²) in [6, 6.07) is 15.0. The fourth-order valence-corrected chi connectivity index (χ4v) is 2.12. The topological polar surface area (TPSA) is 59.9 Å². The third-order valence-electron chi connectivity index (χ3n) is 3.35. The highest BCUT2D eigenvalue weighted by Gasteiger charge is 2.09. The van der Waals surface area contributed by atoms with Gasteiger partial charge in [-0.2, -0.15) is 5.10 Å². The summed E-state index contributed by atoms with van der Waals surface area (Å²) in [6.07, 6.45) is 0.289. The molecule has 0 aliphatic carbocycles. The molecule has 2 aromatic rings. The fourth-order valence-electron chi connectivity index (χ4n) is 2.12. The van der Waals surface area contributed by atoms with E-state index in [0.29, 0.717) is 17.2 Å². The minimum absolute atomic E-state index is 0.164. The van der Waals surface area contributed by atoms with Gasteiger partial charge < -0.3 is 9.47 Å². The van der Waals surface area contributed by atoms with Crippen LogP contribution in [0.25, 0.3) is 0 Å². The van der Waals surface area contributed by atoms with Crippen LogP contribution in [0.5, 0.6) is 11.5 Å². The number of carbonyl (C=O) groups is 1. The van der Waals surface area contributed by atoms with Gasteiger partial charge in [0.2, 0.25) is 5.91 Å². The molecule has 23 heavy (non-hydrogen) atoms. The van der Waals surface area contributed by atoms with E-state index in [1.807, 2.05) is 49.4 Å². The van der Waals surface area contributed by atoms with Crippen LogP contribution < -0.4 is 14.9 Å². The zero-order valence-electron chi connectivity index (χ0n) is 13.5. The average Bonchev–Trinajstić information content (AvgIpc) is 2.60. The summed E-state index contributed by atoms with van der Waals surface area (Å²) < 4.78 is 10.5. The maximum Gasteiger partial charge on any atom is 0.244 e. The molecule has 5 heteroatoms. The molecule has 120 valence electrons. The van der Waals surface area contributed by atoms with E-state index in [4.69, 9.17) is 9.47 Å². The van der Waals surface area contributed by atoms with Crippen LogP contribution in [0.3, 0.4) is 0 Å². The molecule has 0 aliphatic rings. The first kappa shape index (κ1) is 16.5. The van der Waals surface area contributed by atoms with Gasteiger partial charge in [-0.25, -0.2) is 5.43 Å². The molecule has 0 heterocycles. The maximum absolute atomic E-state index is 11.9. The number of nitrogens with one attached hydrogen (secondary N) is 1. The third kappa shape index (κ3) is 4.57. The predicted molar refractivity (Wildman–Crippen MR) is 90.0 cm³/mol. The van der Waals surface area contributed by atoms with Crippen LogP contribution in [-0.4, -0.2) is 25.8 Å². The van der Waals surface area contributed by atoms with Crippen molar-refractivity contribution in [3.05, 3.63) is 59.7 Å². The third-order valence-corrected chi connectivity index (χ3v) is 3.35. The SMILES string of the molecule is COc1ccc(C(C)=NNC(=O)Cc2ccccc2)c(OC)c1. The zero-order chi connectivity index (χ0) is 16.7. The number of carbonyl (C=O) groups excluding carboxylic acids is 1. The first-order valence-corrected chi connectivity index (χ1v) is 7.23. The molecule has 1 N–H and O–H groups in total. The van der Waals surface area contributed by atoms with E-state index in [0.717, 1.165) is 11.1 Å². The number of benzene rings is 2. The van der Waals surface area contributed by atoms with Crippen molar-refractivity contribution in [2.45, 2.75) is 13.3 Å². The minimum atomic E-state index is -0.164. The number of rotatable bonds is 6. The highest BCUT2D eigenvalue weighted by Crippen LogP contribution is 2.25. The molecule has 0 bridgehead atoms. The van der Waals surface area contributed by atoms with Crippen molar-refractivity contribution in [3.8, 4) is 11.5 Å². The van der Waals surface area contributed by atoms with Gasteiger partial charge in [-0.15, -0.1) is 0 Å². The zero-order valence-corrected chi connectivity index (χ0v) is 13.5. The van der Waals surface area contributed by atoms with E-state index in [2.05, 4.69) is 10.5 Å². The van der Waals surface area contributed by atoms with Crippen LogP contribution >= 0.6 is 0 Å². The molecule has 0 aromatic heterocycles. The molecule has 0 unspecified atom stereocenters. The lowest BCUT2D eigenvalue weighted by molar-refractivity contribution is -0.120. The summed E-state index contributed by atoms with van der Waals surface area (Å²) in [7, 11) is 3.18. The van der Waals surface area contributed by atoms with E-state index in [1.165, 1.54) is 0 Å². The van der Waals surface area contributed by atoms with Crippen LogP contribution in [0, 0.1) is 0 Å². The summed E-state index contributed by atoms with van der Waals surface area (Å²) in [5.41, 5.74) is 4.97. The van der Waals surface area contributed by atoms with Crippen molar-refractivity contribution in [1.82, 2.24) is 5.43 Å². The fraction of sp³-hybridized carbons (Fsp3) is 0.222. The van der Waals surface area contributed by atoms with Gasteiger partial charge in [-0.3, -0.25) is 4.79 Å². The first-order valence-electron chi connectivity index (χ1n) is 7.23. The predicted octanol–water partition coefficient (Wildman–Crippen LogP) is 2.79. The Morgan fingerprint density at radius 1 is 1.09 bits per heavy atom. The molecule has 2 rings (SSSR count). The molecular formula is C18H20N2O3. The first-order chi connectivity index (χ1) is 11.1. The molecule has 0 spiro atoms. The Balaban J connectivity index is 2.06. The minimum Gasteiger partial charge on any atom is -0.497 e. The lowest BCUT2D eigenvalue weighted by Gasteiger charge is -2.10. The standard InChI is InChI=1S/C18H20N2O3/c1-13(16-10-9-15(22-2)12-17(16)23-3)19-20-18(21)11-14-7-5-4-6-8-14/h4-10,12H,11H2,1-3H3,(H,20,21). The van der Waals surface area contributed by atoms with Crippen molar-refractivity contribution >= 4 is 11.6 Å². The van der Waals surface area contributed by atoms with E-state index < -0.39 is 0 Å². The Morgan fingerprint density at radius 3 is 2.48 bits per heavy atom. The lowest BCUT2D eigenvalue weighted by Crippen LogP contribution is -2.21. The highest BCUT2D eigenvalue weighted by molar-refractivity contribution is 6.01. The van der Waals surface area contributed by atoms with Crippen LogP contribution in [0.1, 0.15) is 18.1 Å². The van der Waals surface area contributed by atoms with Crippen molar-refractivity contribution in [2.24, 2.45) is 5.10 Å². The van der Waals surface area contributed by atoms with Crippen molar-refractivity contribution in [3.63, 3.8) is 0 Å². The van der Waals surface area contributed by atoms with Gasteiger partial charge in [-0.1, -0.05) is 30.3 Å². The quantitative estimate of drug-likeness (QED) is 0.659. The summed E-state index contributed by atoms with van der Waals surface area (Å²) in [4.78, 5) is 11.9. The largest absolute Gasteiger partial charge is 0.497 e. The number of hydrazone groups is 1. The molecule has 0 saturated carbocycles. The maximum atomic E-state index is 11.9. The van der Waals surface area contributed by atoms with Crippen LogP contribution in [-0.2, 0) is 11.2 Å². The molecule has 0 aliphatic heterocycles. The Kier molecular flexibility index (Phi) is 5.74. The molecule has 1 amide bonds. The normalized spacial score (nSPS) is 11.0. The Morgan fingerprint density at radius 2 is 1.83 bits per heavy atom. The van der Waals surface area contributed by atoms with Crippen LogP contribution in [0.15, 0.2) is 53.6 Å². The number of hydrogen-bond acceptors (Lipinski definition) is 4. The van der Waals surface area contributed by atoms with Crippen molar-refractivity contribution in [1.29, 1.82) is 0 Å². The number of methoxy groups -OCH3 is 2. The molecule has 0 fully saturated rings. The number of hydrogen-bond donors (Lipinski definition) is 1. The lowest BCUT2D eigenvalue weighted by atomic mass is 10.1. The second-order valence-corrected chi connectivity index (χ2v) is 4.96. The van der Waals surface area contributed by atoms with Gasteiger partial charge >= 0.3 is 0 Å². The number of nitrogens with zero attached hydrogens (tertiary/aromatic N) is 1. The Bertz CT molecular complexity index is 697. The van der Waals surface area contributed by atoms with E-state index in [9.17, 15) is 4.79 Å². The smallest absolute Gasteiger partial charge is 0.244 e. The number of ether oxygens (including phenoxy) is 2. The van der Waals surface area contributed by atoms with Crippen LogP contribution in [0.2, 0.25) is 0 Å². The Labute approximate surface area is 135 Å². The summed E-state index contributed by atoms with van der Waals surface area (Å²) in [5.74, 6) is 1.18. The molecule has 0 radical (unpaired) electrons. The molecule has 2 aromatic carbocycles. The van der Waals surface area contributed by atoms with E-state index in [1.54, 1.807) is 20.3 Å². The summed E-state index contributed by atoms with van der Waals surface area (Å²) >= 11 is 0. The van der Waals surface area contributed by atoms with Gasteiger partial charge in [0.05, 0.1) is 26.4 Å². The Hall–Kier alpha value is -2.82. The highest BCUT2D eigenvalue weighted by atomic mass is 16.5. The summed E-state index contributed by atoms with van der Waals surface area (Å²) in [6.45, 7) is 1.81. The average molecular weight is 312 g/mol. The molecule has 0 atom stereocenters.